The van der Waals surface area contributed by atoms with Crippen LogP contribution in [-0.4, -0.2) is 34.6 Å². The number of carbonyl (C=O) groups is 2. The Hall–Kier alpha value is -3.79. The van der Waals surface area contributed by atoms with E-state index in [9.17, 15) is 14.9 Å². The maximum atomic E-state index is 13.3. The number of amides is 2. The highest BCUT2D eigenvalue weighted by Crippen LogP contribution is 2.43. The van der Waals surface area contributed by atoms with E-state index in [2.05, 4.69) is 11.4 Å². The van der Waals surface area contributed by atoms with Gasteiger partial charge in [0.05, 0.1) is 11.8 Å². The van der Waals surface area contributed by atoms with Gasteiger partial charge in [-0.1, -0.05) is 36.4 Å². The summed E-state index contributed by atoms with van der Waals surface area (Å²) in [5, 5.41) is 12.9. The lowest BCUT2D eigenvalue weighted by Gasteiger charge is -2.44. The fraction of sp³-hybridized carbons (Fsp3) is 0.261. The molecular weight excluding hydrogens is 380 g/mol. The molecule has 1 N–H and O–H groups in total. The van der Waals surface area contributed by atoms with Gasteiger partial charge in [-0.15, -0.1) is 0 Å². The van der Waals surface area contributed by atoms with E-state index in [4.69, 9.17) is 4.74 Å². The molecule has 3 heterocycles. The zero-order valence-corrected chi connectivity index (χ0v) is 16.3. The van der Waals surface area contributed by atoms with Crippen molar-refractivity contribution in [1.29, 1.82) is 5.26 Å². The van der Waals surface area contributed by atoms with Crippen LogP contribution in [0.2, 0.25) is 0 Å². The molecule has 0 saturated carbocycles. The Morgan fingerprint density at radius 1 is 1.13 bits per heavy atom. The Kier molecular flexibility index (Phi) is 4.21. The number of benzene rings is 2. The van der Waals surface area contributed by atoms with Crippen LogP contribution in [0.1, 0.15) is 28.9 Å². The standard InChI is InChI=1S/C23H20N4O3/c24-11-14-27-19-8-4-1-5-16(19)15-20(27)21(28)26-12-9-23(10-13-26)17-6-2-3-7-18(17)25-22(29)30-23/h1-8,15H,9-10,12-14H2,(H,25,29). The molecule has 0 radical (unpaired) electrons. The van der Waals surface area contributed by atoms with Gasteiger partial charge in [-0.3, -0.25) is 10.1 Å². The summed E-state index contributed by atoms with van der Waals surface area (Å²) in [4.78, 5) is 27.2. The molecule has 150 valence electrons. The lowest BCUT2D eigenvalue weighted by atomic mass is 9.82. The van der Waals surface area contributed by atoms with E-state index in [0.29, 0.717) is 31.6 Å². The lowest BCUT2D eigenvalue weighted by molar-refractivity contribution is -0.0333. The summed E-state index contributed by atoms with van der Waals surface area (Å²) in [5.41, 5.74) is 2.39. The maximum Gasteiger partial charge on any atom is 0.412 e. The Morgan fingerprint density at radius 3 is 2.67 bits per heavy atom. The largest absolute Gasteiger partial charge is 0.438 e. The zero-order valence-electron chi connectivity index (χ0n) is 16.3. The molecule has 1 saturated heterocycles. The van der Waals surface area contributed by atoms with E-state index in [0.717, 1.165) is 22.2 Å². The van der Waals surface area contributed by atoms with Gasteiger partial charge in [-0.05, 0) is 18.2 Å². The highest BCUT2D eigenvalue weighted by atomic mass is 16.6. The van der Waals surface area contributed by atoms with Gasteiger partial charge < -0.3 is 14.2 Å². The maximum absolute atomic E-state index is 13.3. The Balaban J connectivity index is 1.43. The molecule has 2 aliphatic rings. The fourth-order valence-corrected chi connectivity index (χ4v) is 4.59. The van der Waals surface area contributed by atoms with E-state index in [1.54, 1.807) is 9.47 Å². The van der Waals surface area contributed by atoms with Gasteiger partial charge in [0.2, 0.25) is 0 Å². The summed E-state index contributed by atoms with van der Waals surface area (Å²) in [6.07, 6.45) is 0.603. The SMILES string of the molecule is N#CCn1c(C(=O)N2CCC3(CC2)OC(=O)Nc2ccccc23)cc2ccccc21. The number of likely N-dealkylation sites (tertiary alicyclic amines) is 1. The van der Waals surface area contributed by atoms with Crippen LogP contribution in [0.15, 0.2) is 54.6 Å². The van der Waals surface area contributed by atoms with Crippen molar-refractivity contribution in [3.63, 3.8) is 0 Å². The Morgan fingerprint density at radius 2 is 1.87 bits per heavy atom. The molecule has 0 atom stereocenters. The van der Waals surface area contributed by atoms with Crippen LogP contribution in [0.3, 0.4) is 0 Å². The number of ether oxygens (including phenoxy) is 1. The minimum absolute atomic E-state index is 0.107. The number of anilines is 1. The van der Waals surface area contributed by atoms with Crippen molar-refractivity contribution in [2.75, 3.05) is 18.4 Å². The first-order chi connectivity index (χ1) is 14.6. The minimum atomic E-state index is -0.713. The van der Waals surface area contributed by atoms with Crippen LogP contribution in [0.5, 0.6) is 0 Å². The molecule has 0 bridgehead atoms. The third kappa shape index (κ3) is 2.80. The molecule has 2 amide bonds. The number of nitrogens with one attached hydrogen (secondary N) is 1. The quantitative estimate of drug-likeness (QED) is 0.708. The average Bonchev–Trinajstić information content (AvgIpc) is 3.13. The summed E-state index contributed by atoms with van der Waals surface area (Å²) in [6.45, 7) is 1.05. The Labute approximate surface area is 173 Å². The highest BCUT2D eigenvalue weighted by Gasteiger charge is 2.45. The van der Waals surface area contributed by atoms with Crippen molar-refractivity contribution in [1.82, 2.24) is 9.47 Å². The van der Waals surface area contributed by atoms with Crippen molar-refractivity contribution >= 4 is 28.6 Å². The fourth-order valence-electron chi connectivity index (χ4n) is 4.59. The Bertz CT molecular complexity index is 1200. The number of carbonyl (C=O) groups excluding carboxylic acids is 2. The molecule has 1 fully saturated rings. The number of piperidine rings is 1. The molecule has 0 aliphatic carbocycles. The van der Waals surface area contributed by atoms with Gasteiger partial charge in [-0.2, -0.15) is 5.26 Å². The summed E-state index contributed by atoms with van der Waals surface area (Å²) < 4.78 is 7.51. The molecule has 30 heavy (non-hydrogen) atoms. The molecule has 7 heteroatoms. The van der Waals surface area contributed by atoms with Crippen LogP contribution in [0, 0.1) is 11.3 Å². The first-order valence-corrected chi connectivity index (χ1v) is 9.95. The first kappa shape index (κ1) is 18.3. The van der Waals surface area contributed by atoms with Crippen molar-refractivity contribution in [3.8, 4) is 6.07 Å². The summed E-state index contributed by atoms with van der Waals surface area (Å²) in [5.74, 6) is -0.107. The number of para-hydroxylation sites is 2. The lowest BCUT2D eigenvalue weighted by Crippen LogP contribution is -2.50. The zero-order chi connectivity index (χ0) is 20.7. The van der Waals surface area contributed by atoms with E-state index >= 15 is 0 Å². The monoisotopic (exact) mass is 400 g/mol. The average molecular weight is 400 g/mol. The second-order valence-electron chi connectivity index (χ2n) is 7.68. The number of rotatable bonds is 2. The number of nitriles is 1. The molecule has 3 aromatic rings. The van der Waals surface area contributed by atoms with Crippen molar-refractivity contribution in [3.05, 3.63) is 65.9 Å². The van der Waals surface area contributed by atoms with Gasteiger partial charge in [0.1, 0.15) is 17.8 Å². The predicted octanol–water partition coefficient (Wildman–Crippen LogP) is 3.86. The number of hydrogen-bond acceptors (Lipinski definition) is 4. The van der Waals surface area contributed by atoms with Crippen molar-refractivity contribution in [2.24, 2.45) is 0 Å². The normalized spacial score (nSPS) is 17.2. The van der Waals surface area contributed by atoms with Gasteiger partial charge >= 0.3 is 6.09 Å². The molecule has 1 aromatic heterocycles. The van der Waals surface area contributed by atoms with E-state index in [1.165, 1.54) is 0 Å². The van der Waals surface area contributed by atoms with Gasteiger partial charge in [-0.25, -0.2) is 4.79 Å². The van der Waals surface area contributed by atoms with Crippen molar-refractivity contribution < 1.29 is 14.3 Å². The highest BCUT2D eigenvalue weighted by molar-refractivity contribution is 5.99. The van der Waals surface area contributed by atoms with Crippen LogP contribution < -0.4 is 5.32 Å². The molecule has 2 aliphatic heterocycles. The van der Waals surface area contributed by atoms with Crippen LogP contribution in [0.4, 0.5) is 10.5 Å². The van der Waals surface area contributed by atoms with Crippen LogP contribution >= 0.6 is 0 Å². The van der Waals surface area contributed by atoms with E-state index in [1.807, 2.05) is 54.6 Å². The van der Waals surface area contributed by atoms with Crippen LogP contribution in [-0.2, 0) is 16.9 Å². The number of nitrogens with zero attached hydrogens (tertiary/aromatic N) is 3. The summed E-state index contributed by atoms with van der Waals surface area (Å²) >= 11 is 0. The van der Waals surface area contributed by atoms with Gasteiger partial charge in [0.25, 0.3) is 5.91 Å². The summed E-state index contributed by atoms with van der Waals surface area (Å²) in [7, 11) is 0. The first-order valence-electron chi connectivity index (χ1n) is 9.95. The molecule has 1 spiro atoms. The summed E-state index contributed by atoms with van der Waals surface area (Å²) in [6, 6.07) is 19.3. The third-order valence-corrected chi connectivity index (χ3v) is 6.06. The van der Waals surface area contributed by atoms with Gasteiger partial charge in [0, 0.05) is 42.4 Å². The number of hydrogen-bond donors (Lipinski definition) is 1. The molecule has 7 nitrogen and oxygen atoms in total. The van der Waals surface area contributed by atoms with E-state index < -0.39 is 11.7 Å². The predicted molar refractivity (Wildman–Crippen MR) is 111 cm³/mol. The molecule has 0 unspecified atom stereocenters. The smallest absolute Gasteiger partial charge is 0.412 e. The topological polar surface area (TPSA) is 87.4 Å². The second kappa shape index (κ2) is 6.92. The van der Waals surface area contributed by atoms with E-state index in [-0.39, 0.29) is 12.5 Å². The second-order valence-corrected chi connectivity index (χ2v) is 7.68. The number of aromatic nitrogens is 1. The molecular formula is C23H20N4O3. The molecule has 2 aromatic carbocycles. The number of fused-ring (bicyclic) bond motifs is 3. The van der Waals surface area contributed by atoms with Crippen molar-refractivity contribution in [2.45, 2.75) is 25.0 Å². The third-order valence-electron chi connectivity index (χ3n) is 6.06. The van der Waals surface area contributed by atoms with Gasteiger partial charge in [0.15, 0.2) is 0 Å². The van der Waals surface area contributed by atoms with Crippen LogP contribution in [0.25, 0.3) is 10.9 Å². The minimum Gasteiger partial charge on any atom is -0.438 e. The molecule has 5 rings (SSSR count).